The minimum atomic E-state index is -4.54. The Hall–Kier alpha value is -2.91. The maximum atomic E-state index is 12.9. The standard InChI is InChI=1S/C19H13ClF3N3O2S/c20-16-12-6-2-4-8-14(12)29-17(16)18(28)24-10-15(27)26-25-9-11-5-1-3-7-13(11)19(21,22)23/h1-9H,10H2,(H,24,28)(H,26,27)/b25-9-. The number of nitrogens with one attached hydrogen (secondary N) is 2. The molecule has 150 valence electrons. The number of carbonyl (C=O) groups excluding carboxylic acids is 2. The van der Waals surface area contributed by atoms with Crippen LogP contribution >= 0.6 is 22.9 Å². The van der Waals surface area contributed by atoms with Crippen LogP contribution in [-0.4, -0.2) is 24.6 Å². The summed E-state index contributed by atoms with van der Waals surface area (Å²) in [4.78, 5) is 24.3. The summed E-state index contributed by atoms with van der Waals surface area (Å²) >= 11 is 7.39. The van der Waals surface area contributed by atoms with Gasteiger partial charge < -0.3 is 5.32 Å². The highest BCUT2D eigenvalue weighted by Crippen LogP contribution is 2.35. The van der Waals surface area contributed by atoms with Gasteiger partial charge in [0.15, 0.2) is 0 Å². The molecule has 10 heteroatoms. The molecule has 1 aromatic heterocycles. The van der Waals surface area contributed by atoms with Crippen LogP contribution in [0.2, 0.25) is 5.02 Å². The number of rotatable bonds is 5. The number of thiophene rings is 1. The Morgan fingerprint density at radius 2 is 1.79 bits per heavy atom. The van der Waals surface area contributed by atoms with Crippen LogP contribution in [0.1, 0.15) is 20.8 Å². The molecule has 0 spiro atoms. The van der Waals surface area contributed by atoms with E-state index in [0.717, 1.165) is 22.4 Å². The van der Waals surface area contributed by atoms with Gasteiger partial charge in [-0.1, -0.05) is 48.0 Å². The summed E-state index contributed by atoms with van der Waals surface area (Å²) in [5.74, 6) is -1.23. The average molecular weight is 440 g/mol. The van der Waals surface area contributed by atoms with Crippen molar-refractivity contribution in [3.05, 3.63) is 69.6 Å². The molecule has 3 rings (SSSR count). The van der Waals surface area contributed by atoms with Gasteiger partial charge in [-0.15, -0.1) is 11.3 Å². The summed E-state index contributed by atoms with van der Waals surface area (Å²) in [6, 6.07) is 12.0. The van der Waals surface area contributed by atoms with Crippen molar-refractivity contribution in [3.8, 4) is 0 Å². The minimum absolute atomic E-state index is 0.193. The molecule has 0 aliphatic rings. The molecule has 29 heavy (non-hydrogen) atoms. The van der Waals surface area contributed by atoms with E-state index >= 15 is 0 Å². The van der Waals surface area contributed by atoms with Crippen molar-refractivity contribution in [2.45, 2.75) is 6.18 Å². The molecule has 0 radical (unpaired) electrons. The lowest BCUT2D eigenvalue weighted by Crippen LogP contribution is -2.34. The summed E-state index contributed by atoms with van der Waals surface area (Å²) < 4.78 is 39.6. The van der Waals surface area contributed by atoms with Crippen LogP contribution in [0.4, 0.5) is 13.2 Å². The Morgan fingerprint density at radius 3 is 2.52 bits per heavy atom. The van der Waals surface area contributed by atoms with Crippen molar-refractivity contribution < 1.29 is 22.8 Å². The van der Waals surface area contributed by atoms with E-state index in [2.05, 4.69) is 15.8 Å². The third kappa shape index (κ3) is 4.93. The highest BCUT2D eigenvalue weighted by molar-refractivity contribution is 7.21. The van der Waals surface area contributed by atoms with E-state index in [1.807, 2.05) is 12.1 Å². The maximum absolute atomic E-state index is 12.9. The molecule has 0 saturated carbocycles. The van der Waals surface area contributed by atoms with Gasteiger partial charge >= 0.3 is 6.18 Å². The second-order valence-electron chi connectivity index (χ2n) is 5.80. The van der Waals surface area contributed by atoms with Gasteiger partial charge in [0.2, 0.25) is 0 Å². The number of amides is 2. The van der Waals surface area contributed by atoms with Crippen molar-refractivity contribution in [1.29, 1.82) is 0 Å². The van der Waals surface area contributed by atoms with Gasteiger partial charge in [-0.2, -0.15) is 18.3 Å². The molecule has 3 aromatic rings. The van der Waals surface area contributed by atoms with Gasteiger partial charge in [0, 0.05) is 15.6 Å². The van der Waals surface area contributed by atoms with Gasteiger partial charge in [-0.05, 0) is 12.1 Å². The lowest BCUT2D eigenvalue weighted by Gasteiger charge is -2.09. The molecule has 2 amide bonds. The molecule has 0 bridgehead atoms. The van der Waals surface area contributed by atoms with Crippen molar-refractivity contribution in [2.24, 2.45) is 5.10 Å². The SMILES string of the molecule is O=C(CNC(=O)c1sc2ccccc2c1Cl)N/N=C\c1ccccc1C(F)(F)F. The smallest absolute Gasteiger partial charge is 0.342 e. The molecule has 2 N–H and O–H groups in total. The lowest BCUT2D eigenvalue weighted by molar-refractivity contribution is -0.137. The topological polar surface area (TPSA) is 70.6 Å². The molecule has 1 heterocycles. The molecule has 0 unspecified atom stereocenters. The molecule has 0 aliphatic heterocycles. The number of nitrogens with zero attached hydrogens (tertiary/aromatic N) is 1. The first-order valence-electron chi connectivity index (χ1n) is 8.20. The molecule has 0 atom stereocenters. The van der Waals surface area contributed by atoms with Gasteiger partial charge in [0.05, 0.1) is 23.3 Å². The number of halogens is 4. The third-order valence-corrected chi connectivity index (χ3v) is 5.48. The van der Waals surface area contributed by atoms with Crippen molar-refractivity contribution >= 4 is 51.1 Å². The Labute approximate surface area is 172 Å². The van der Waals surface area contributed by atoms with Crippen LogP contribution in [0.5, 0.6) is 0 Å². The molecule has 0 saturated heterocycles. The number of alkyl halides is 3. The minimum Gasteiger partial charge on any atom is -0.342 e. The van der Waals surface area contributed by atoms with Crippen LogP contribution < -0.4 is 10.7 Å². The summed E-state index contributed by atoms with van der Waals surface area (Å²) in [5.41, 5.74) is 1.01. The third-order valence-electron chi connectivity index (χ3n) is 3.81. The normalized spacial score (nSPS) is 11.7. The van der Waals surface area contributed by atoms with Crippen LogP contribution in [0.3, 0.4) is 0 Å². The fraction of sp³-hybridized carbons (Fsp3) is 0.105. The van der Waals surface area contributed by atoms with Gasteiger partial charge in [0.1, 0.15) is 4.88 Å². The number of hydrogen-bond donors (Lipinski definition) is 2. The quantitative estimate of drug-likeness (QED) is 0.455. The van der Waals surface area contributed by atoms with E-state index in [9.17, 15) is 22.8 Å². The zero-order valence-corrected chi connectivity index (χ0v) is 16.2. The monoisotopic (exact) mass is 439 g/mol. The Balaban J connectivity index is 1.58. The Kier molecular flexibility index (Phi) is 6.19. The zero-order valence-electron chi connectivity index (χ0n) is 14.6. The van der Waals surface area contributed by atoms with Gasteiger partial charge in [-0.3, -0.25) is 9.59 Å². The number of fused-ring (bicyclic) bond motifs is 1. The highest BCUT2D eigenvalue weighted by atomic mass is 35.5. The van der Waals surface area contributed by atoms with Crippen LogP contribution in [0, 0.1) is 0 Å². The molecule has 5 nitrogen and oxygen atoms in total. The fourth-order valence-corrected chi connectivity index (χ4v) is 3.92. The average Bonchev–Trinajstić information content (AvgIpc) is 3.03. The number of carbonyl (C=O) groups is 2. The van der Waals surface area contributed by atoms with E-state index in [1.54, 1.807) is 12.1 Å². The number of hydrazone groups is 1. The van der Waals surface area contributed by atoms with Crippen LogP contribution in [0.25, 0.3) is 10.1 Å². The van der Waals surface area contributed by atoms with Crippen LogP contribution in [0.15, 0.2) is 53.6 Å². The van der Waals surface area contributed by atoms with Crippen molar-refractivity contribution in [2.75, 3.05) is 6.54 Å². The van der Waals surface area contributed by atoms with Crippen molar-refractivity contribution in [3.63, 3.8) is 0 Å². The predicted molar refractivity (Wildman–Crippen MR) is 106 cm³/mol. The summed E-state index contributed by atoms with van der Waals surface area (Å²) in [7, 11) is 0. The first-order chi connectivity index (χ1) is 13.8. The zero-order chi connectivity index (χ0) is 21.0. The molecular weight excluding hydrogens is 427 g/mol. The predicted octanol–water partition coefficient (Wildman–Crippen LogP) is 4.45. The Morgan fingerprint density at radius 1 is 1.10 bits per heavy atom. The number of hydrogen-bond acceptors (Lipinski definition) is 4. The maximum Gasteiger partial charge on any atom is 0.417 e. The molecule has 0 fully saturated rings. The van der Waals surface area contributed by atoms with E-state index < -0.39 is 30.1 Å². The fourth-order valence-electron chi connectivity index (χ4n) is 2.48. The second-order valence-corrected chi connectivity index (χ2v) is 7.23. The largest absolute Gasteiger partial charge is 0.417 e. The highest BCUT2D eigenvalue weighted by Gasteiger charge is 2.32. The van der Waals surface area contributed by atoms with Gasteiger partial charge in [-0.25, -0.2) is 5.43 Å². The number of benzene rings is 2. The van der Waals surface area contributed by atoms with E-state index in [4.69, 9.17) is 11.6 Å². The van der Waals surface area contributed by atoms with Gasteiger partial charge in [0.25, 0.3) is 11.8 Å². The van der Waals surface area contributed by atoms with Crippen LogP contribution in [-0.2, 0) is 11.0 Å². The first kappa shape index (κ1) is 20.8. The summed E-state index contributed by atoms with van der Waals surface area (Å²) in [6.45, 7) is -0.415. The Bertz CT molecular complexity index is 1100. The second kappa shape index (κ2) is 8.62. The van der Waals surface area contributed by atoms with Crippen molar-refractivity contribution in [1.82, 2.24) is 10.7 Å². The summed E-state index contributed by atoms with van der Waals surface area (Å²) in [6.07, 6.45) is -3.64. The van der Waals surface area contributed by atoms with E-state index in [-0.39, 0.29) is 10.4 Å². The molecule has 2 aromatic carbocycles. The molecule has 0 aliphatic carbocycles. The molecular formula is C19H13ClF3N3O2S. The van der Waals surface area contributed by atoms with E-state index in [0.29, 0.717) is 5.02 Å². The first-order valence-corrected chi connectivity index (χ1v) is 9.40. The van der Waals surface area contributed by atoms with E-state index in [1.165, 1.54) is 29.5 Å². The lowest BCUT2D eigenvalue weighted by atomic mass is 10.1. The summed E-state index contributed by atoms with van der Waals surface area (Å²) in [5, 5.41) is 6.96.